The number of nitrogens with two attached hydrogens (primary N) is 1. The van der Waals surface area contributed by atoms with Gasteiger partial charge in [0.05, 0.1) is 12.1 Å². The van der Waals surface area contributed by atoms with Crippen LogP contribution >= 0.6 is 0 Å². The van der Waals surface area contributed by atoms with Crippen molar-refractivity contribution in [2.45, 2.75) is 31.1 Å². The van der Waals surface area contributed by atoms with Crippen LogP contribution in [0.1, 0.15) is 24.4 Å². The molecule has 0 spiro atoms. The van der Waals surface area contributed by atoms with Gasteiger partial charge in [0.25, 0.3) is 5.91 Å². The zero-order valence-electron chi connectivity index (χ0n) is 12.5. The average molecular weight is 307 g/mol. The van der Waals surface area contributed by atoms with E-state index in [9.17, 15) is 9.18 Å². The molecule has 2 fully saturated rings. The maximum atomic E-state index is 13.5. The Morgan fingerprint density at radius 1 is 1.45 bits per heavy atom. The van der Waals surface area contributed by atoms with Crippen molar-refractivity contribution in [1.29, 1.82) is 0 Å². The van der Waals surface area contributed by atoms with Crippen LogP contribution in [0.4, 0.5) is 4.39 Å². The molecule has 2 aliphatic heterocycles. The molecule has 2 aliphatic rings. The van der Waals surface area contributed by atoms with E-state index in [2.05, 4.69) is 5.32 Å². The molecule has 0 radical (unpaired) electrons. The molecule has 2 saturated heterocycles. The molecule has 0 aromatic heterocycles. The number of rotatable bonds is 3. The first-order valence-electron chi connectivity index (χ1n) is 7.81. The smallest absolute Gasteiger partial charge is 0.252 e. The topological polar surface area (TPSA) is 67.6 Å². The van der Waals surface area contributed by atoms with Gasteiger partial charge in [0.15, 0.2) is 0 Å². The van der Waals surface area contributed by atoms with Crippen molar-refractivity contribution >= 4 is 5.91 Å². The summed E-state index contributed by atoms with van der Waals surface area (Å²) in [5, 5.41) is 3.27. The third kappa shape index (κ3) is 3.14. The first-order chi connectivity index (χ1) is 10.7. The quantitative estimate of drug-likeness (QED) is 0.867. The molecule has 22 heavy (non-hydrogen) atoms. The molecule has 3 N–H and O–H groups in total. The number of piperazine rings is 1. The van der Waals surface area contributed by atoms with Crippen molar-refractivity contribution < 1.29 is 13.9 Å². The molecule has 120 valence electrons. The Hall–Kier alpha value is -1.50. The predicted octanol–water partition coefficient (Wildman–Crippen LogP) is 0.805. The van der Waals surface area contributed by atoms with Crippen LogP contribution in [-0.4, -0.2) is 49.2 Å². The van der Waals surface area contributed by atoms with Gasteiger partial charge < -0.3 is 20.7 Å². The van der Waals surface area contributed by atoms with E-state index in [0.29, 0.717) is 26.1 Å². The van der Waals surface area contributed by atoms with Crippen LogP contribution in [0.2, 0.25) is 0 Å². The number of benzene rings is 1. The Morgan fingerprint density at radius 3 is 3.05 bits per heavy atom. The Bertz CT molecular complexity index is 540. The Morgan fingerprint density at radius 2 is 2.32 bits per heavy atom. The van der Waals surface area contributed by atoms with Gasteiger partial charge in [0, 0.05) is 26.2 Å². The molecule has 0 saturated carbocycles. The summed E-state index contributed by atoms with van der Waals surface area (Å²) in [6.07, 6.45) is 1.09. The van der Waals surface area contributed by atoms with Crippen molar-refractivity contribution in [3.05, 3.63) is 35.6 Å². The largest absolute Gasteiger partial charge is 0.364 e. The third-order valence-electron chi connectivity index (χ3n) is 4.41. The van der Waals surface area contributed by atoms with Gasteiger partial charge >= 0.3 is 0 Å². The summed E-state index contributed by atoms with van der Waals surface area (Å²) < 4.78 is 19.2. The summed E-state index contributed by atoms with van der Waals surface area (Å²) in [4.78, 5) is 14.6. The van der Waals surface area contributed by atoms with Gasteiger partial charge in [-0.05, 0) is 30.5 Å². The number of nitrogens with one attached hydrogen (secondary N) is 1. The van der Waals surface area contributed by atoms with Crippen LogP contribution in [0.25, 0.3) is 0 Å². The van der Waals surface area contributed by atoms with E-state index < -0.39 is 6.10 Å². The van der Waals surface area contributed by atoms with Crippen molar-refractivity contribution in [2.75, 3.05) is 26.2 Å². The lowest BCUT2D eigenvalue weighted by atomic mass is 10.0. The number of carbonyl (C=O) groups excluding carboxylic acids is 1. The van der Waals surface area contributed by atoms with E-state index in [1.807, 2.05) is 11.0 Å². The molecular formula is C16H22FN3O2. The molecule has 0 aliphatic carbocycles. The van der Waals surface area contributed by atoms with Gasteiger partial charge in [-0.2, -0.15) is 0 Å². The molecule has 1 aromatic carbocycles. The SMILES string of the molecule is NC[C@H]1CC[C@@H](C(=O)N2CCNCC2c2cccc(F)c2)O1. The van der Waals surface area contributed by atoms with Crippen LogP contribution in [-0.2, 0) is 9.53 Å². The van der Waals surface area contributed by atoms with Crippen LogP contribution in [0.5, 0.6) is 0 Å². The van der Waals surface area contributed by atoms with Crippen LogP contribution in [0.15, 0.2) is 24.3 Å². The van der Waals surface area contributed by atoms with Gasteiger partial charge in [-0.25, -0.2) is 4.39 Å². The molecule has 6 heteroatoms. The molecule has 1 amide bonds. The normalized spacial score (nSPS) is 28.8. The lowest BCUT2D eigenvalue weighted by Crippen LogP contribution is -2.51. The standard InChI is InChI=1S/C16H22FN3O2/c17-12-3-1-2-11(8-12)14-10-19-6-7-20(14)16(21)15-5-4-13(9-18)22-15/h1-3,8,13-15,19H,4-7,9-10,18H2/t13-,14?,15+/m1/s1. The molecule has 1 unspecified atom stereocenters. The molecule has 0 bridgehead atoms. The molecule has 3 atom stereocenters. The van der Waals surface area contributed by atoms with E-state index in [1.54, 1.807) is 6.07 Å². The third-order valence-corrected chi connectivity index (χ3v) is 4.41. The molecule has 2 heterocycles. The highest BCUT2D eigenvalue weighted by molar-refractivity contribution is 5.82. The number of halogens is 1. The fraction of sp³-hybridized carbons (Fsp3) is 0.562. The summed E-state index contributed by atoms with van der Waals surface area (Å²) in [5.74, 6) is -0.289. The maximum Gasteiger partial charge on any atom is 0.252 e. The summed E-state index contributed by atoms with van der Waals surface area (Å²) in [6, 6.07) is 6.29. The number of carbonyl (C=O) groups is 1. The van der Waals surface area contributed by atoms with Crippen molar-refractivity contribution in [1.82, 2.24) is 10.2 Å². The number of hydrogen-bond donors (Lipinski definition) is 2. The monoisotopic (exact) mass is 307 g/mol. The summed E-state index contributed by atoms with van der Waals surface area (Å²) in [7, 11) is 0. The molecule has 3 rings (SSSR count). The summed E-state index contributed by atoms with van der Waals surface area (Å²) >= 11 is 0. The molecular weight excluding hydrogens is 285 g/mol. The number of nitrogens with zero attached hydrogens (tertiary/aromatic N) is 1. The average Bonchev–Trinajstić information content (AvgIpc) is 3.03. The minimum atomic E-state index is -0.414. The Balaban J connectivity index is 1.76. The second kappa shape index (κ2) is 6.73. The fourth-order valence-electron chi connectivity index (χ4n) is 3.23. The highest BCUT2D eigenvalue weighted by Crippen LogP contribution is 2.27. The second-order valence-electron chi connectivity index (χ2n) is 5.87. The number of amides is 1. The van der Waals surface area contributed by atoms with Crippen molar-refractivity contribution in [3.63, 3.8) is 0 Å². The van der Waals surface area contributed by atoms with Gasteiger partial charge in [-0.15, -0.1) is 0 Å². The van der Waals surface area contributed by atoms with E-state index in [1.165, 1.54) is 12.1 Å². The summed E-state index contributed by atoms with van der Waals surface area (Å²) in [6.45, 7) is 2.42. The van der Waals surface area contributed by atoms with Gasteiger partial charge in [-0.1, -0.05) is 12.1 Å². The highest BCUT2D eigenvalue weighted by Gasteiger charge is 2.37. The second-order valence-corrected chi connectivity index (χ2v) is 5.87. The first kappa shape index (κ1) is 15.4. The van der Waals surface area contributed by atoms with E-state index in [0.717, 1.165) is 18.5 Å². The van der Waals surface area contributed by atoms with E-state index in [-0.39, 0.29) is 23.9 Å². The zero-order chi connectivity index (χ0) is 15.5. The van der Waals surface area contributed by atoms with Crippen LogP contribution < -0.4 is 11.1 Å². The first-order valence-corrected chi connectivity index (χ1v) is 7.81. The van der Waals surface area contributed by atoms with Crippen LogP contribution in [0, 0.1) is 5.82 Å². The highest BCUT2D eigenvalue weighted by atomic mass is 19.1. The minimum Gasteiger partial charge on any atom is -0.364 e. The zero-order valence-corrected chi connectivity index (χ0v) is 12.5. The number of hydrogen-bond acceptors (Lipinski definition) is 4. The Kier molecular flexibility index (Phi) is 4.71. The van der Waals surface area contributed by atoms with Crippen LogP contribution in [0.3, 0.4) is 0 Å². The predicted molar refractivity (Wildman–Crippen MR) is 80.7 cm³/mol. The van der Waals surface area contributed by atoms with Crippen molar-refractivity contribution in [3.8, 4) is 0 Å². The minimum absolute atomic E-state index is 0.00767. The van der Waals surface area contributed by atoms with Gasteiger partial charge in [0.2, 0.25) is 0 Å². The lowest BCUT2D eigenvalue weighted by molar-refractivity contribution is -0.146. The summed E-state index contributed by atoms with van der Waals surface area (Å²) in [5.41, 5.74) is 6.42. The number of ether oxygens (including phenoxy) is 1. The van der Waals surface area contributed by atoms with Gasteiger partial charge in [0.1, 0.15) is 11.9 Å². The van der Waals surface area contributed by atoms with Crippen molar-refractivity contribution in [2.24, 2.45) is 5.73 Å². The van der Waals surface area contributed by atoms with E-state index in [4.69, 9.17) is 10.5 Å². The lowest BCUT2D eigenvalue weighted by Gasteiger charge is -2.37. The Labute approximate surface area is 129 Å². The molecule has 5 nitrogen and oxygen atoms in total. The maximum absolute atomic E-state index is 13.5. The van der Waals surface area contributed by atoms with Gasteiger partial charge in [-0.3, -0.25) is 4.79 Å². The molecule has 1 aromatic rings. The van der Waals surface area contributed by atoms with E-state index >= 15 is 0 Å². The fourth-order valence-corrected chi connectivity index (χ4v) is 3.23.